The van der Waals surface area contributed by atoms with Crippen LogP contribution in [0.2, 0.25) is 0 Å². The van der Waals surface area contributed by atoms with Crippen LogP contribution in [0.15, 0.2) is 42.5 Å². The highest BCUT2D eigenvalue weighted by atomic mass is 16.7. The second-order valence-electron chi connectivity index (χ2n) is 15.7. The number of para-hydroxylation sites is 3. The van der Waals surface area contributed by atoms with Gasteiger partial charge in [0.15, 0.2) is 42.2 Å². The van der Waals surface area contributed by atoms with Crippen LogP contribution in [0.5, 0.6) is 11.5 Å². The van der Waals surface area contributed by atoms with E-state index in [1.54, 1.807) is 65.8 Å². The monoisotopic (exact) mass is 827 g/mol. The molecule has 0 bridgehead atoms. The number of hydrogen-bond donors (Lipinski definition) is 1. The molecule has 2 fully saturated rings. The summed E-state index contributed by atoms with van der Waals surface area (Å²) in [5, 5.41) is 3.05. The molecule has 0 radical (unpaired) electrons. The Morgan fingerprint density at radius 3 is 1.78 bits per heavy atom. The van der Waals surface area contributed by atoms with E-state index in [-0.39, 0.29) is 25.6 Å². The highest BCUT2D eigenvalue weighted by Crippen LogP contribution is 2.33. The Kier molecular flexibility index (Phi) is 17.5. The fourth-order valence-electron chi connectivity index (χ4n) is 6.48. The van der Waals surface area contributed by atoms with Gasteiger partial charge in [0.05, 0.1) is 38.5 Å². The fourth-order valence-corrected chi connectivity index (χ4v) is 6.48. The first-order valence-electron chi connectivity index (χ1n) is 20.1. The van der Waals surface area contributed by atoms with Crippen molar-refractivity contribution in [3.63, 3.8) is 0 Å². The molecule has 2 aromatic rings. The lowest BCUT2D eigenvalue weighted by Gasteiger charge is -2.45. The van der Waals surface area contributed by atoms with Crippen LogP contribution in [0.4, 0.5) is 5.69 Å². The molecule has 1 N–H and O–H groups in total. The van der Waals surface area contributed by atoms with E-state index >= 15 is 0 Å². The zero-order chi connectivity index (χ0) is 43.4. The van der Waals surface area contributed by atoms with Crippen LogP contribution >= 0.6 is 0 Å². The molecule has 2 saturated heterocycles. The number of esters is 4. The summed E-state index contributed by atoms with van der Waals surface area (Å²) < 4.78 is 47.4. The van der Waals surface area contributed by atoms with Gasteiger partial charge in [-0.15, -0.1) is 0 Å². The molecule has 0 aromatic heterocycles. The maximum atomic E-state index is 13.4. The van der Waals surface area contributed by atoms with Crippen molar-refractivity contribution in [2.24, 2.45) is 17.8 Å². The molecule has 2 aromatic carbocycles. The van der Waals surface area contributed by atoms with Gasteiger partial charge in [0.25, 0.3) is 0 Å². The number of aryl methyl sites for hydroxylation is 2. The minimum absolute atomic E-state index is 0.0609. The lowest BCUT2D eigenvalue weighted by atomic mass is 9.97. The first-order valence-corrected chi connectivity index (χ1v) is 20.1. The Balaban J connectivity index is 1.63. The van der Waals surface area contributed by atoms with Crippen molar-refractivity contribution in [3.05, 3.63) is 53.6 Å². The Hall–Kier alpha value is -4.77. The summed E-state index contributed by atoms with van der Waals surface area (Å²) in [6.45, 7) is 16.3. The lowest BCUT2D eigenvalue weighted by molar-refractivity contribution is -0.314. The number of benzene rings is 2. The van der Waals surface area contributed by atoms with Crippen LogP contribution < -0.4 is 14.8 Å². The first-order chi connectivity index (χ1) is 28.0. The third-order valence-electron chi connectivity index (χ3n) is 9.96. The van der Waals surface area contributed by atoms with Crippen molar-refractivity contribution < 1.29 is 61.9 Å². The van der Waals surface area contributed by atoms with E-state index in [1.807, 2.05) is 32.0 Å². The molecular formula is C43H61N3O13. The van der Waals surface area contributed by atoms with Crippen LogP contribution in [-0.2, 0) is 52.4 Å². The molecule has 4 rings (SSSR count). The number of carbonyl (C=O) groups is 5. The maximum Gasteiger partial charge on any atom is 0.339 e. The van der Waals surface area contributed by atoms with Gasteiger partial charge in [0.2, 0.25) is 5.91 Å². The van der Waals surface area contributed by atoms with Crippen LogP contribution in [0.1, 0.15) is 52.7 Å². The second-order valence-corrected chi connectivity index (χ2v) is 15.7. The van der Waals surface area contributed by atoms with Crippen molar-refractivity contribution in [1.29, 1.82) is 0 Å². The number of piperazine rings is 1. The molecule has 326 valence electrons. The van der Waals surface area contributed by atoms with Crippen molar-refractivity contribution in [3.8, 4) is 11.5 Å². The molecule has 0 spiro atoms. The summed E-state index contributed by atoms with van der Waals surface area (Å²) in [7, 11) is 2.66. The van der Waals surface area contributed by atoms with E-state index < -0.39 is 78.4 Å². The van der Waals surface area contributed by atoms with E-state index in [2.05, 4.69) is 15.1 Å². The minimum Gasteiger partial charge on any atom is -0.493 e. The van der Waals surface area contributed by atoms with Crippen LogP contribution in [-0.4, -0.2) is 136 Å². The number of carbonyl (C=O) groups excluding carboxylic acids is 5. The average molecular weight is 828 g/mol. The third kappa shape index (κ3) is 13.1. The number of ether oxygens (including phenoxy) is 8. The van der Waals surface area contributed by atoms with Gasteiger partial charge in [-0.25, -0.2) is 4.79 Å². The van der Waals surface area contributed by atoms with E-state index in [9.17, 15) is 24.0 Å². The number of rotatable bonds is 18. The Morgan fingerprint density at radius 2 is 1.24 bits per heavy atom. The van der Waals surface area contributed by atoms with Gasteiger partial charge in [0.1, 0.15) is 12.7 Å². The summed E-state index contributed by atoms with van der Waals surface area (Å²) in [6, 6.07) is 13.0. The minimum atomic E-state index is -1.64. The first kappa shape index (κ1) is 46.9. The van der Waals surface area contributed by atoms with E-state index in [0.717, 1.165) is 23.9 Å². The molecule has 0 saturated carbocycles. The maximum absolute atomic E-state index is 13.4. The average Bonchev–Trinajstić information content (AvgIpc) is 3.20. The Labute approximate surface area is 347 Å². The summed E-state index contributed by atoms with van der Waals surface area (Å²) in [5.41, 5.74) is 2.79. The summed E-state index contributed by atoms with van der Waals surface area (Å²) in [6.07, 6.45) is -8.60. The van der Waals surface area contributed by atoms with Gasteiger partial charge in [-0.2, -0.15) is 0 Å². The molecule has 0 aliphatic carbocycles. The normalized spacial score (nSPS) is 21.7. The number of nitrogens with zero attached hydrogens (tertiary/aromatic N) is 2. The summed E-state index contributed by atoms with van der Waals surface area (Å²) in [5.74, 6) is -4.12. The van der Waals surface area contributed by atoms with Gasteiger partial charge in [-0.1, -0.05) is 71.9 Å². The quantitative estimate of drug-likeness (QED) is 0.169. The highest BCUT2D eigenvalue weighted by Gasteiger charge is 2.56. The molecule has 59 heavy (non-hydrogen) atoms. The summed E-state index contributed by atoms with van der Waals surface area (Å²) in [4.78, 5) is 70.3. The predicted octanol–water partition coefficient (Wildman–Crippen LogP) is 3.93. The zero-order valence-electron chi connectivity index (χ0n) is 35.9. The van der Waals surface area contributed by atoms with Crippen molar-refractivity contribution in [2.75, 3.05) is 65.4 Å². The number of anilines is 1. The molecule has 6 atom stereocenters. The summed E-state index contributed by atoms with van der Waals surface area (Å²) >= 11 is 0. The van der Waals surface area contributed by atoms with Crippen LogP contribution in [0, 0.1) is 31.6 Å². The van der Waals surface area contributed by atoms with Gasteiger partial charge in [-0.3, -0.25) is 29.0 Å². The third-order valence-corrected chi connectivity index (χ3v) is 9.96. The zero-order valence-corrected chi connectivity index (χ0v) is 35.9. The second kappa shape index (κ2) is 22.0. The van der Waals surface area contributed by atoms with Gasteiger partial charge in [-0.05, 0) is 37.1 Å². The SMILES string of the molecule is COC(=O)[C@H]1O[C@@H](O[C@H](COc2ccccc2OC)CN2CCN(CC(=O)Nc3c(C)cccc3C)CC2)[C@H](OC(=O)C(C)C)[C@@H](OC(=O)C(C)C)[C@@H]1OC(=O)C(C)C. The Bertz CT molecular complexity index is 1720. The number of methoxy groups -OCH3 is 2. The molecule has 2 aliphatic rings. The molecule has 16 nitrogen and oxygen atoms in total. The van der Waals surface area contributed by atoms with Crippen molar-refractivity contribution >= 4 is 35.5 Å². The van der Waals surface area contributed by atoms with Crippen LogP contribution in [0.25, 0.3) is 0 Å². The van der Waals surface area contributed by atoms with Crippen LogP contribution in [0.3, 0.4) is 0 Å². The number of hydrogen-bond acceptors (Lipinski definition) is 15. The fraction of sp³-hybridized carbons (Fsp3) is 0.605. The molecule has 1 amide bonds. The molecule has 2 aliphatic heterocycles. The standard InChI is InChI=1S/C43H61N3O13/c1-25(2)39(48)56-35-36(57-40(49)26(3)4)38(58-41(50)27(5)6)43(59-37(35)42(51)53-10)55-30(24-54-32-17-12-11-16-31(32)52-9)22-45-18-20-46(21-19-45)23-33(47)44-34-28(7)14-13-15-29(34)8/h11-17,25-27,30,35-38,43H,18-24H2,1-10H3,(H,44,47)/t30-,35-,36-,37-,38+,43+/m0/s1. The van der Waals surface area contributed by atoms with Gasteiger partial charge in [0, 0.05) is 38.4 Å². The topological polar surface area (TPSA) is 178 Å². The number of amides is 1. The van der Waals surface area contributed by atoms with E-state index in [4.69, 9.17) is 37.9 Å². The molecule has 16 heteroatoms. The highest BCUT2D eigenvalue weighted by molar-refractivity contribution is 5.93. The van der Waals surface area contributed by atoms with Gasteiger partial charge < -0.3 is 43.2 Å². The lowest BCUT2D eigenvalue weighted by Crippen LogP contribution is -2.65. The van der Waals surface area contributed by atoms with E-state index in [0.29, 0.717) is 37.7 Å². The largest absolute Gasteiger partial charge is 0.493 e. The molecule has 2 heterocycles. The van der Waals surface area contributed by atoms with Gasteiger partial charge >= 0.3 is 23.9 Å². The van der Waals surface area contributed by atoms with Crippen molar-refractivity contribution in [1.82, 2.24) is 9.80 Å². The Morgan fingerprint density at radius 1 is 0.712 bits per heavy atom. The number of nitrogens with one attached hydrogen (secondary N) is 1. The predicted molar refractivity (Wildman–Crippen MR) is 216 cm³/mol. The smallest absolute Gasteiger partial charge is 0.339 e. The molecular weight excluding hydrogens is 766 g/mol. The van der Waals surface area contributed by atoms with E-state index in [1.165, 1.54) is 7.11 Å². The molecule has 0 unspecified atom stereocenters. The van der Waals surface area contributed by atoms with Crippen molar-refractivity contribution in [2.45, 2.75) is 92.2 Å².